The minimum atomic E-state index is -1.29. The zero-order valence-corrected chi connectivity index (χ0v) is 21.0. The van der Waals surface area contributed by atoms with E-state index in [9.17, 15) is 5.11 Å². The first kappa shape index (κ1) is 24.6. The van der Waals surface area contributed by atoms with Crippen LogP contribution in [0, 0.1) is 22.7 Å². The molecule has 1 spiro atoms. The summed E-state index contributed by atoms with van der Waals surface area (Å²) >= 11 is 0. The van der Waals surface area contributed by atoms with E-state index in [0.717, 1.165) is 51.4 Å². The molecule has 0 aromatic rings. The summed E-state index contributed by atoms with van der Waals surface area (Å²) < 4.78 is 30.5. The molecule has 6 heteroatoms. The monoisotopic (exact) mass is 452 g/mol. The highest BCUT2D eigenvalue weighted by molar-refractivity contribution is 5.25. The lowest BCUT2D eigenvalue weighted by atomic mass is 9.53. The average molecular weight is 453 g/mol. The van der Waals surface area contributed by atoms with Gasteiger partial charge >= 0.3 is 0 Å². The summed E-state index contributed by atoms with van der Waals surface area (Å²) in [5.74, 6) is -2.66. The molecule has 3 aliphatic carbocycles. The molecule has 3 fully saturated rings. The Morgan fingerprint density at radius 1 is 1.12 bits per heavy atom. The van der Waals surface area contributed by atoms with Gasteiger partial charge in [-0.1, -0.05) is 32.4 Å². The van der Waals surface area contributed by atoms with Crippen LogP contribution in [0.15, 0.2) is 11.6 Å². The zero-order chi connectivity index (χ0) is 23.3. The van der Waals surface area contributed by atoms with Gasteiger partial charge in [-0.25, -0.2) is 0 Å². The molecule has 6 nitrogen and oxygen atoms in total. The average Bonchev–Trinajstić information content (AvgIpc) is 3.38. The van der Waals surface area contributed by atoms with E-state index >= 15 is 0 Å². The topological polar surface area (TPSA) is 66.4 Å². The van der Waals surface area contributed by atoms with E-state index < -0.39 is 17.4 Å². The summed E-state index contributed by atoms with van der Waals surface area (Å²) in [5, 5.41) is 12.5. The summed E-state index contributed by atoms with van der Waals surface area (Å²) in [6.07, 6.45) is 9.53. The van der Waals surface area contributed by atoms with Gasteiger partial charge in [-0.05, 0) is 44.4 Å². The van der Waals surface area contributed by atoms with Gasteiger partial charge in [0.1, 0.15) is 0 Å². The van der Waals surface area contributed by atoms with Crippen molar-refractivity contribution in [3.63, 3.8) is 0 Å². The molecule has 0 radical (unpaired) electrons. The molecule has 0 aromatic carbocycles. The van der Waals surface area contributed by atoms with Crippen LogP contribution >= 0.6 is 0 Å². The van der Waals surface area contributed by atoms with Crippen LogP contribution in [-0.2, 0) is 23.7 Å². The Labute approximate surface area is 194 Å². The molecule has 1 aliphatic heterocycles. The summed E-state index contributed by atoms with van der Waals surface area (Å²) in [4.78, 5) is 0. The van der Waals surface area contributed by atoms with Crippen molar-refractivity contribution in [2.75, 3.05) is 34.0 Å². The van der Waals surface area contributed by atoms with E-state index in [1.807, 2.05) is 6.92 Å². The van der Waals surface area contributed by atoms with Gasteiger partial charge in [0.15, 0.2) is 17.4 Å². The second kappa shape index (κ2) is 8.62. The van der Waals surface area contributed by atoms with Crippen LogP contribution in [0.5, 0.6) is 0 Å². The number of ether oxygens (including phenoxy) is 5. The number of fused-ring (bicyclic) bond motifs is 1. The normalized spacial score (nSPS) is 38.8. The van der Waals surface area contributed by atoms with Crippen LogP contribution in [0.1, 0.15) is 79.1 Å². The van der Waals surface area contributed by atoms with Crippen molar-refractivity contribution in [3.05, 3.63) is 11.6 Å². The molecule has 0 bridgehead atoms. The number of aliphatic hydroxyl groups is 1. The number of hydrogen-bond donors (Lipinski definition) is 1. The lowest BCUT2D eigenvalue weighted by Crippen LogP contribution is -2.62. The van der Waals surface area contributed by atoms with Crippen molar-refractivity contribution in [2.45, 2.75) is 96.4 Å². The smallest absolute Gasteiger partial charge is 0.173 e. The molecule has 2 saturated carbocycles. The van der Waals surface area contributed by atoms with Crippen LogP contribution in [0.2, 0.25) is 0 Å². The second-order valence-corrected chi connectivity index (χ2v) is 10.9. The predicted octanol–water partition coefficient (Wildman–Crippen LogP) is 4.80. The molecular formula is C26H44O6. The van der Waals surface area contributed by atoms with Gasteiger partial charge in [0.25, 0.3) is 0 Å². The van der Waals surface area contributed by atoms with Gasteiger partial charge in [0, 0.05) is 57.3 Å². The van der Waals surface area contributed by atoms with Crippen molar-refractivity contribution in [1.29, 1.82) is 0 Å². The van der Waals surface area contributed by atoms with Crippen LogP contribution < -0.4 is 0 Å². The Kier molecular flexibility index (Phi) is 6.63. The summed E-state index contributed by atoms with van der Waals surface area (Å²) in [5.41, 5.74) is 0.828. The standard InChI is InChI=1S/C26H44O6/c1-7-30-26(27,19(2)23(4)12-9-13-25(23,28-5)29-6)21-11-8-10-20-18-24(31-16-17-32-24)15-14-22(20,21)3/h10,19,21,27H,7-9,11-18H2,1-6H3. The van der Waals surface area contributed by atoms with Gasteiger partial charge < -0.3 is 28.8 Å². The first-order valence-corrected chi connectivity index (χ1v) is 12.6. The van der Waals surface area contributed by atoms with E-state index in [4.69, 9.17) is 23.7 Å². The molecule has 1 N–H and O–H groups in total. The molecular weight excluding hydrogens is 408 g/mol. The molecule has 5 unspecified atom stereocenters. The molecule has 0 aromatic heterocycles. The Morgan fingerprint density at radius 2 is 1.81 bits per heavy atom. The SMILES string of the molecule is CCOC(O)(C1CCC=C2CC3(CCC21C)OCCO3)C(C)C1(C)CCCC1(OC)OC. The van der Waals surface area contributed by atoms with Crippen molar-refractivity contribution in [1.82, 2.24) is 0 Å². The molecule has 1 saturated heterocycles. The zero-order valence-electron chi connectivity index (χ0n) is 21.0. The van der Waals surface area contributed by atoms with Crippen LogP contribution in [-0.4, -0.2) is 56.5 Å². The third kappa shape index (κ3) is 3.44. The molecule has 4 rings (SSSR count). The molecule has 1 heterocycles. The lowest BCUT2D eigenvalue weighted by molar-refractivity contribution is -0.343. The first-order valence-electron chi connectivity index (χ1n) is 12.6. The van der Waals surface area contributed by atoms with E-state index in [2.05, 4.69) is 26.8 Å². The highest BCUT2D eigenvalue weighted by Crippen LogP contribution is 2.63. The van der Waals surface area contributed by atoms with E-state index in [1.54, 1.807) is 14.2 Å². The minimum Gasteiger partial charge on any atom is -0.365 e. The van der Waals surface area contributed by atoms with Crippen LogP contribution in [0.3, 0.4) is 0 Å². The molecule has 32 heavy (non-hydrogen) atoms. The summed E-state index contributed by atoms with van der Waals surface area (Å²) in [6.45, 7) is 10.4. The minimum absolute atomic E-state index is 0.0208. The fraction of sp³-hybridized carbons (Fsp3) is 0.923. The van der Waals surface area contributed by atoms with Gasteiger partial charge in [-0.15, -0.1) is 0 Å². The number of methoxy groups -OCH3 is 2. The molecule has 4 aliphatic rings. The largest absolute Gasteiger partial charge is 0.365 e. The number of allylic oxidation sites excluding steroid dienone is 1. The maximum Gasteiger partial charge on any atom is 0.173 e. The van der Waals surface area contributed by atoms with Crippen molar-refractivity contribution >= 4 is 0 Å². The number of rotatable bonds is 7. The highest BCUT2D eigenvalue weighted by Gasteiger charge is 2.65. The third-order valence-electron chi connectivity index (χ3n) is 9.83. The maximum atomic E-state index is 12.5. The summed E-state index contributed by atoms with van der Waals surface area (Å²) in [6, 6.07) is 0. The Balaban J connectivity index is 1.69. The van der Waals surface area contributed by atoms with E-state index in [0.29, 0.717) is 19.8 Å². The van der Waals surface area contributed by atoms with E-state index in [-0.39, 0.29) is 22.7 Å². The molecule has 0 amide bonds. The Bertz CT molecular complexity index is 711. The second-order valence-electron chi connectivity index (χ2n) is 10.9. The van der Waals surface area contributed by atoms with Crippen molar-refractivity contribution in [3.8, 4) is 0 Å². The maximum absolute atomic E-state index is 12.5. The van der Waals surface area contributed by atoms with E-state index in [1.165, 1.54) is 5.57 Å². The molecule has 184 valence electrons. The van der Waals surface area contributed by atoms with Gasteiger partial charge in [-0.2, -0.15) is 0 Å². The quantitative estimate of drug-likeness (QED) is 0.442. The Hall–Kier alpha value is -0.500. The van der Waals surface area contributed by atoms with Gasteiger partial charge in [-0.3, -0.25) is 0 Å². The highest BCUT2D eigenvalue weighted by atomic mass is 16.7. The first-order chi connectivity index (χ1) is 15.2. The van der Waals surface area contributed by atoms with Crippen molar-refractivity contribution < 1.29 is 28.8 Å². The van der Waals surface area contributed by atoms with Crippen LogP contribution in [0.4, 0.5) is 0 Å². The van der Waals surface area contributed by atoms with Gasteiger partial charge in [0.05, 0.1) is 13.2 Å². The fourth-order valence-electron chi connectivity index (χ4n) is 7.72. The van der Waals surface area contributed by atoms with Crippen LogP contribution in [0.25, 0.3) is 0 Å². The Morgan fingerprint density at radius 3 is 2.44 bits per heavy atom. The third-order valence-corrected chi connectivity index (χ3v) is 9.83. The number of hydrogen-bond acceptors (Lipinski definition) is 6. The lowest BCUT2D eigenvalue weighted by Gasteiger charge is -2.58. The summed E-state index contributed by atoms with van der Waals surface area (Å²) in [7, 11) is 3.45. The fourth-order valence-corrected chi connectivity index (χ4v) is 7.72. The predicted molar refractivity (Wildman–Crippen MR) is 122 cm³/mol. The van der Waals surface area contributed by atoms with Gasteiger partial charge in [0.2, 0.25) is 0 Å². The molecule has 5 atom stereocenters. The van der Waals surface area contributed by atoms with Crippen molar-refractivity contribution in [2.24, 2.45) is 22.7 Å².